The summed E-state index contributed by atoms with van der Waals surface area (Å²) < 4.78 is 5.76. The summed E-state index contributed by atoms with van der Waals surface area (Å²) in [6.07, 6.45) is 1.38. The molecule has 2 heterocycles. The SMILES string of the molecule is CN(C)C(=O)NC[C@H]1OC[C@@H]2CCNC[C@@H]21.Cl. The number of nitrogens with zero attached hydrogens (tertiary/aromatic N) is 1. The lowest BCUT2D eigenvalue weighted by atomic mass is 9.85. The number of ether oxygens (including phenoxy) is 1. The second-order valence-electron chi connectivity index (χ2n) is 4.87. The van der Waals surface area contributed by atoms with Crippen molar-refractivity contribution in [2.24, 2.45) is 11.8 Å². The van der Waals surface area contributed by atoms with Crippen LogP contribution in [0.4, 0.5) is 4.79 Å². The fourth-order valence-electron chi connectivity index (χ4n) is 2.51. The van der Waals surface area contributed by atoms with Crippen molar-refractivity contribution in [3.05, 3.63) is 0 Å². The first-order chi connectivity index (χ1) is 7.68. The van der Waals surface area contributed by atoms with E-state index in [9.17, 15) is 4.79 Å². The highest BCUT2D eigenvalue weighted by Gasteiger charge is 2.38. The van der Waals surface area contributed by atoms with Gasteiger partial charge in [0.1, 0.15) is 0 Å². The molecule has 0 aromatic rings. The van der Waals surface area contributed by atoms with Crippen molar-refractivity contribution in [3.63, 3.8) is 0 Å². The van der Waals surface area contributed by atoms with Gasteiger partial charge in [0.25, 0.3) is 0 Å². The molecular formula is C11H22ClN3O2. The molecule has 0 aromatic carbocycles. The van der Waals surface area contributed by atoms with Gasteiger partial charge in [-0.25, -0.2) is 4.79 Å². The molecule has 2 N–H and O–H groups in total. The van der Waals surface area contributed by atoms with Gasteiger partial charge < -0.3 is 20.3 Å². The third-order valence-corrected chi connectivity index (χ3v) is 3.54. The van der Waals surface area contributed by atoms with Crippen LogP contribution in [0.3, 0.4) is 0 Å². The van der Waals surface area contributed by atoms with E-state index in [1.807, 2.05) is 0 Å². The van der Waals surface area contributed by atoms with Gasteiger partial charge in [0.05, 0.1) is 12.7 Å². The van der Waals surface area contributed by atoms with Crippen molar-refractivity contribution in [1.82, 2.24) is 15.5 Å². The normalized spacial score (nSPS) is 31.3. The van der Waals surface area contributed by atoms with E-state index in [1.165, 1.54) is 6.42 Å². The number of carbonyl (C=O) groups excluding carboxylic acids is 1. The molecule has 100 valence electrons. The number of amides is 2. The van der Waals surface area contributed by atoms with Crippen LogP contribution >= 0.6 is 12.4 Å². The summed E-state index contributed by atoms with van der Waals surface area (Å²) in [7, 11) is 3.49. The van der Waals surface area contributed by atoms with Gasteiger partial charge in [-0.05, 0) is 18.9 Å². The van der Waals surface area contributed by atoms with Crippen LogP contribution in [0, 0.1) is 11.8 Å². The van der Waals surface area contributed by atoms with E-state index in [0.717, 1.165) is 19.7 Å². The van der Waals surface area contributed by atoms with Crippen LogP contribution in [0.5, 0.6) is 0 Å². The summed E-state index contributed by atoms with van der Waals surface area (Å²) >= 11 is 0. The van der Waals surface area contributed by atoms with E-state index >= 15 is 0 Å². The largest absolute Gasteiger partial charge is 0.376 e. The number of urea groups is 1. The number of hydrogen-bond donors (Lipinski definition) is 2. The molecule has 17 heavy (non-hydrogen) atoms. The van der Waals surface area contributed by atoms with Crippen molar-refractivity contribution >= 4 is 18.4 Å². The number of rotatable bonds is 2. The fraction of sp³-hybridized carbons (Fsp3) is 0.909. The zero-order valence-corrected chi connectivity index (χ0v) is 11.3. The zero-order valence-electron chi connectivity index (χ0n) is 10.4. The maximum atomic E-state index is 11.4. The Morgan fingerprint density at radius 1 is 1.53 bits per heavy atom. The van der Waals surface area contributed by atoms with Crippen LogP contribution < -0.4 is 10.6 Å². The Hall–Kier alpha value is -0.520. The number of hydrogen-bond acceptors (Lipinski definition) is 3. The molecule has 2 amide bonds. The Labute approximate surface area is 109 Å². The third kappa shape index (κ3) is 3.47. The fourth-order valence-corrected chi connectivity index (χ4v) is 2.51. The summed E-state index contributed by atoms with van der Waals surface area (Å²) in [5, 5.41) is 6.28. The highest BCUT2D eigenvalue weighted by molar-refractivity contribution is 5.85. The number of fused-ring (bicyclic) bond motifs is 1. The topological polar surface area (TPSA) is 53.6 Å². The van der Waals surface area contributed by atoms with E-state index < -0.39 is 0 Å². The summed E-state index contributed by atoms with van der Waals surface area (Å²) in [6.45, 7) is 3.60. The van der Waals surface area contributed by atoms with E-state index in [-0.39, 0.29) is 24.5 Å². The number of carbonyl (C=O) groups is 1. The van der Waals surface area contributed by atoms with Crippen LogP contribution in [-0.4, -0.2) is 57.4 Å². The van der Waals surface area contributed by atoms with Crippen LogP contribution in [0.1, 0.15) is 6.42 Å². The Bertz CT molecular complexity index is 263. The Morgan fingerprint density at radius 3 is 3.00 bits per heavy atom. The van der Waals surface area contributed by atoms with Crippen LogP contribution in [0.2, 0.25) is 0 Å². The molecule has 0 unspecified atom stereocenters. The van der Waals surface area contributed by atoms with E-state index in [0.29, 0.717) is 18.4 Å². The van der Waals surface area contributed by atoms with Crippen molar-refractivity contribution in [3.8, 4) is 0 Å². The summed E-state index contributed by atoms with van der Waals surface area (Å²) in [5.74, 6) is 1.25. The molecule has 0 bridgehead atoms. The molecule has 2 rings (SSSR count). The summed E-state index contributed by atoms with van der Waals surface area (Å²) in [4.78, 5) is 13.0. The highest BCUT2D eigenvalue weighted by Crippen LogP contribution is 2.30. The minimum atomic E-state index is -0.0455. The standard InChI is InChI=1S/C11H21N3O2.ClH/c1-14(2)11(15)13-6-10-9-5-12-4-3-8(9)7-16-10;/h8-10,12H,3-7H2,1-2H3,(H,13,15);1H/t8-,9-,10+;/m0./s1. The Morgan fingerprint density at radius 2 is 2.29 bits per heavy atom. The molecule has 2 aliphatic rings. The quantitative estimate of drug-likeness (QED) is 0.754. The molecular weight excluding hydrogens is 242 g/mol. The predicted molar refractivity (Wildman–Crippen MR) is 68.5 cm³/mol. The second kappa shape index (κ2) is 6.42. The van der Waals surface area contributed by atoms with Gasteiger partial charge in [0.2, 0.25) is 0 Å². The molecule has 0 saturated carbocycles. The van der Waals surface area contributed by atoms with Crippen LogP contribution in [0.15, 0.2) is 0 Å². The molecule has 2 fully saturated rings. The monoisotopic (exact) mass is 263 g/mol. The maximum absolute atomic E-state index is 11.4. The van der Waals surface area contributed by atoms with Crippen molar-refractivity contribution in [1.29, 1.82) is 0 Å². The first-order valence-electron chi connectivity index (χ1n) is 5.96. The lowest BCUT2D eigenvalue weighted by Crippen LogP contribution is -2.45. The number of halogens is 1. The summed E-state index contributed by atoms with van der Waals surface area (Å²) in [6, 6.07) is -0.0455. The third-order valence-electron chi connectivity index (χ3n) is 3.54. The first kappa shape index (κ1) is 14.5. The van der Waals surface area contributed by atoms with Crippen LogP contribution in [-0.2, 0) is 4.74 Å². The molecule has 2 saturated heterocycles. The molecule has 0 radical (unpaired) electrons. The zero-order chi connectivity index (χ0) is 11.5. The molecule has 0 aliphatic carbocycles. The second-order valence-corrected chi connectivity index (χ2v) is 4.87. The maximum Gasteiger partial charge on any atom is 0.316 e. The minimum absolute atomic E-state index is 0. The first-order valence-corrected chi connectivity index (χ1v) is 5.96. The molecule has 0 aromatic heterocycles. The van der Waals surface area contributed by atoms with Crippen molar-refractivity contribution in [2.75, 3.05) is 40.3 Å². The van der Waals surface area contributed by atoms with E-state index in [4.69, 9.17) is 4.74 Å². The van der Waals surface area contributed by atoms with Gasteiger partial charge >= 0.3 is 6.03 Å². The van der Waals surface area contributed by atoms with Gasteiger partial charge in [-0.1, -0.05) is 0 Å². The van der Waals surface area contributed by atoms with Crippen molar-refractivity contribution in [2.45, 2.75) is 12.5 Å². The van der Waals surface area contributed by atoms with Crippen LogP contribution in [0.25, 0.3) is 0 Å². The lowest BCUT2D eigenvalue weighted by Gasteiger charge is -2.28. The van der Waals surface area contributed by atoms with Gasteiger partial charge in [0, 0.05) is 33.1 Å². The summed E-state index contributed by atoms with van der Waals surface area (Å²) in [5.41, 5.74) is 0. The van der Waals surface area contributed by atoms with E-state index in [1.54, 1.807) is 19.0 Å². The smallest absolute Gasteiger partial charge is 0.316 e. The Balaban J connectivity index is 0.00000144. The minimum Gasteiger partial charge on any atom is -0.376 e. The lowest BCUT2D eigenvalue weighted by molar-refractivity contribution is 0.0904. The Kier molecular flexibility index (Phi) is 5.49. The van der Waals surface area contributed by atoms with Crippen molar-refractivity contribution < 1.29 is 9.53 Å². The highest BCUT2D eigenvalue weighted by atomic mass is 35.5. The molecule has 6 heteroatoms. The molecule has 0 spiro atoms. The van der Waals surface area contributed by atoms with Gasteiger partial charge in [0.15, 0.2) is 0 Å². The molecule has 5 nitrogen and oxygen atoms in total. The number of piperidine rings is 1. The van der Waals surface area contributed by atoms with Gasteiger partial charge in [-0.2, -0.15) is 0 Å². The molecule has 3 atom stereocenters. The van der Waals surface area contributed by atoms with Gasteiger partial charge in [-0.3, -0.25) is 0 Å². The van der Waals surface area contributed by atoms with E-state index in [2.05, 4.69) is 10.6 Å². The average Bonchev–Trinajstić information content (AvgIpc) is 2.69. The number of nitrogens with one attached hydrogen (secondary N) is 2. The average molecular weight is 264 g/mol. The predicted octanol–water partition coefficient (Wildman–Crippen LogP) is 0.304. The molecule has 2 aliphatic heterocycles. The van der Waals surface area contributed by atoms with Gasteiger partial charge in [-0.15, -0.1) is 12.4 Å².